The highest BCUT2D eigenvalue weighted by molar-refractivity contribution is 7.13. The van der Waals surface area contributed by atoms with E-state index in [1.165, 1.54) is 11.3 Å². The Morgan fingerprint density at radius 2 is 2.47 bits per heavy atom. The number of hydrazone groups is 1. The van der Waals surface area contributed by atoms with Crippen molar-refractivity contribution in [1.82, 2.24) is 4.98 Å². The van der Waals surface area contributed by atoms with Gasteiger partial charge in [-0.15, -0.1) is 11.3 Å². The Kier molecular flexibility index (Phi) is 4.10. The summed E-state index contributed by atoms with van der Waals surface area (Å²) in [5, 5.41) is 6.78. The van der Waals surface area contributed by atoms with E-state index < -0.39 is 0 Å². The lowest BCUT2D eigenvalue weighted by atomic mass is 10.2. The van der Waals surface area contributed by atoms with Gasteiger partial charge in [-0.2, -0.15) is 5.10 Å². The molecule has 0 unspecified atom stereocenters. The molecule has 0 fully saturated rings. The number of hydrogen-bond donors (Lipinski definition) is 1. The van der Waals surface area contributed by atoms with E-state index in [-0.39, 0.29) is 0 Å². The maximum Gasteiger partial charge on any atom is 0.203 e. The summed E-state index contributed by atoms with van der Waals surface area (Å²) in [4.78, 5) is 4.06. The van der Waals surface area contributed by atoms with Crippen LogP contribution < -0.4 is 10.2 Å². The molecule has 88 valence electrons. The normalized spacial score (nSPS) is 10.6. The molecule has 1 aromatic carbocycles. The Bertz CT molecular complexity index is 482. The molecule has 0 saturated carbocycles. The van der Waals surface area contributed by atoms with Crippen molar-refractivity contribution >= 4 is 22.7 Å². The summed E-state index contributed by atoms with van der Waals surface area (Å²) in [5.74, 6) is 0.852. The molecule has 0 bridgehead atoms. The van der Waals surface area contributed by atoms with E-state index in [0.717, 1.165) is 16.4 Å². The van der Waals surface area contributed by atoms with Crippen LogP contribution >= 0.6 is 11.3 Å². The minimum Gasteiger partial charge on any atom is -0.494 e. The zero-order valence-electron chi connectivity index (χ0n) is 9.46. The van der Waals surface area contributed by atoms with Crippen molar-refractivity contribution in [3.05, 3.63) is 41.4 Å². The second-order valence-corrected chi connectivity index (χ2v) is 4.11. The van der Waals surface area contributed by atoms with Crippen LogP contribution in [0.4, 0.5) is 5.13 Å². The number of hydrogen-bond acceptors (Lipinski definition) is 5. The third-order valence-electron chi connectivity index (χ3n) is 1.98. The van der Waals surface area contributed by atoms with Crippen LogP contribution in [0.3, 0.4) is 0 Å². The van der Waals surface area contributed by atoms with Crippen molar-refractivity contribution in [2.75, 3.05) is 12.0 Å². The van der Waals surface area contributed by atoms with Gasteiger partial charge < -0.3 is 4.74 Å². The molecule has 0 aliphatic heterocycles. The van der Waals surface area contributed by atoms with E-state index in [1.807, 2.05) is 36.6 Å². The van der Waals surface area contributed by atoms with Crippen LogP contribution in [-0.2, 0) is 0 Å². The lowest BCUT2D eigenvalue weighted by Crippen LogP contribution is -1.93. The fraction of sp³-hybridized carbons (Fsp3) is 0.167. The van der Waals surface area contributed by atoms with E-state index >= 15 is 0 Å². The van der Waals surface area contributed by atoms with Crippen molar-refractivity contribution in [1.29, 1.82) is 0 Å². The van der Waals surface area contributed by atoms with Crippen LogP contribution in [0.15, 0.2) is 40.9 Å². The number of benzene rings is 1. The molecule has 17 heavy (non-hydrogen) atoms. The van der Waals surface area contributed by atoms with Gasteiger partial charge in [0.1, 0.15) is 5.75 Å². The molecule has 1 aromatic heterocycles. The fourth-order valence-electron chi connectivity index (χ4n) is 1.29. The van der Waals surface area contributed by atoms with Crippen LogP contribution in [0, 0.1) is 0 Å². The van der Waals surface area contributed by atoms with Crippen molar-refractivity contribution in [3.8, 4) is 5.75 Å². The molecule has 0 spiro atoms. The molecule has 2 aromatic rings. The average Bonchev–Trinajstić information content (AvgIpc) is 2.83. The van der Waals surface area contributed by atoms with Gasteiger partial charge in [-0.25, -0.2) is 4.98 Å². The summed E-state index contributed by atoms with van der Waals surface area (Å²) in [6, 6.07) is 7.77. The van der Waals surface area contributed by atoms with Gasteiger partial charge in [-0.3, -0.25) is 5.43 Å². The van der Waals surface area contributed by atoms with Crippen molar-refractivity contribution < 1.29 is 4.74 Å². The molecule has 0 amide bonds. The zero-order chi connectivity index (χ0) is 11.9. The summed E-state index contributed by atoms with van der Waals surface area (Å²) >= 11 is 1.51. The topological polar surface area (TPSA) is 46.5 Å². The molecule has 1 N–H and O–H groups in total. The van der Waals surface area contributed by atoms with Gasteiger partial charge in [-0.05, 0) is 24.6 Å². The molecule has 0 saturated heterocycles. The first-order valence-electron chi connectivity index (χ1n) is 5.30. The van der Waals surface area contributed by atoms with E-state index in [1.54, 1.807) is 12.4 Å². The van der Waals surface area contributed by atoms with Crippen LogP contribution in [0.5, 0.6) is 5.75 Å². The predicted octanol–water partition coefficient (Wildman–Crippen LogP) is 2.99. The number of nitrogens with zero attached hydrogens (tertiary/aromatic N) is 2. The van der Waals surface area contributed by atoms with Crippen LogP contribution in [0.1, 0.15) is 12.5 Å². The minimum atomic E-state index is 0.665. The van der Waals surface area contributed by atoms with Gasteiger partial charge in [-0.1, -0.05) is 12.1 Å². The minimum absolute atomic E-state index is 0.665. The van der Waals surface area contributed by atoms with Gasteiger partial charge in [0, 0.05) is 11.6 Å². The Morgan fingerprint density at radius 3 is 3.24 bits per heavy atom. The van der Waals surface area contributed by atoms with E-state index in [0.29, 0.717) is 6.61 Å². The third-order valence-corrected chi connectivity index (χ3v) is 2.65. The smallest absolute Gasteiger partial charge is 0.203 e. The van der Waals surface area contributed by atoms with Gasteiger partial charge in [0.05, 0.1) is 12.8 Å². The van der Waals surface area contributed by atoms with Gasteiger partial charge in [0.15, 0.2) is 0 Å². The average molecular weight is 247 g/mol. The molecule has 1 heterocycles. The SMILES string of the molecule is CCOc1cccc(/C=N/Nc2nccs2)c1. The van der Waals surface area contributed by atoms with Crippen LogP contribution in [-0.4, -0.2) is 17.8 Å². The van der Waals surface area contributed by atoms with Crippen molar-refractivity contribution in [2.45, 2.75) is 6.92 Å². The molecule has 4 nitrogen and oxygen atoms in total. The number of ether oxygens (including phenoxy) is 1. The first-order valence-corrected chi connectivity index (χ1v) is 6.18. The second kappa shape index (κ2) is 6.00. The monoisotopic (exact) mass is 247 g/mol. The molecular formula is C12H13N3OS. The van der Waals surface area contributed by atoms with Crippen molar-refractivity contribution in [3.63, 3.8) is 0 Å². The summed E-state index contributed by atoms with van der Waals surface area (Å²) in [6.45, 7) is 2.63. The summed E-state index contributed by atoms with van der Waals surface area (Å²) in [6.07, 6.45) is 3.47. The predicted molar refractivity (Wildman–Crippen MR) is 70.9 cm³/mol. The van der Waals surface area contributed by atoms with Gasteiger partial charge in [0.25, 0.3) is 0 Å². The summed E-state index contributed by atoms with van der Waals surface area (Å²) < 4.78 is 5.41. The molecule has 0 aliphatic carbocycles. The number of rotatable bonds is 5. The Labute approximate surface area is 104 Å². The maximum absolute atomic E-state index is 5.41. The maximum atomic E-state index is 5.41. The molecular weight excluding hydrogens is 234 g/mol. The fourth-order valence-corrected chi connectivity index (χ4v) is 1.77. The molecule has 0 radical (unpaired) electrons. The van der Waals surface area contributed by atoms with E-state index in [9.17, 15) is 0 Å². The van der Waals surface area contributed by atoms with Crippen LogP contribution in [0.2, 0.25) is 0 Å². The van der Waals surface area contributed by atoms with E-state index in [4.69, 9.17) is 4.74 Å². The van der Waals surface area contributed by atoms with Crippen LogP contribution in [0.25, 0.3) is 0 Å². The highest BCUT2D eigenvalue weighted by Crippen LogP contribution is 2.12. The second-order valence-electron chi connectivity index (χ2n) is 3.21. The number of anilines is 1. The first-order chi connectivity index (χ1) is 8.38. The molecule has 5 heteroatoms. The molecule has 0 atom stereocenters. The Morgan fingerprint density at radius 1 is 1.53 bits per heavy atom. The van der Waals surface area contributed by atoms with Crippen molar-refractivity contribution in [2.24, 2.45) is 5.10 Å². The lowest BCUT2D eigenvalue weighted by molar-refractivity contribution is 0.340. The number of aromatic nitrogens is 1. The standard InChI is InChI=1S/C12H13N3OS/c1-2-16-11-5-3-4-10(8-11)9-14-15-12-13-6-7-17-12/h3-9H,2H2,1H3,(H,13,15)/b14-9+. The van der Waals surface area contributed by atoms with Gasteiger partial charge in [0.2, 0.25) is 5.13 Å². The zero-order valence-corrected chi connectivity index (χ0v) is 10.3. The highest BCUT2D eigenvalue weighted by Gasteiger charge is 1.94. The first kappa shape index (κ1) is 11.6. The summed E-state index contributed by atoms with van der Waals surface area (Å²) in [7, 11) is 0. The lowest BCUT2D eigenvalue weighted by Gasteiger charge is -2.02. The molecule has 2 rings (SSSR count). The Balaban J connectivity index is 1.98. The molecule has 0 aliphatic rings. The number of thiazole rings is 1. The quantitative estimate of drug-likeness (QED) is 0.652. The Hall–Kier alpha value is -1.88. The number of nitrogens with one attached hydrogen (secondary N) is 1. The van der Waals surface area contributed by atoms with E-state index in [2.05, 4.69) is 15.5 Å². The van der Waals surface area contributed by atoms with Gasteiger partial charge >= 0.3 is 0 Å². The third kappa shape index (κ3) is 3.57. The largest absolute Gasteiger partial charge is 0.494 e. The summed E-state index contributed by atoms with van der Waals surface area (Å²) in [5.41, 5.74) is 3.85. The highest BCUT2D eigenvalue weighted by atomic mass is 32.1.